The Balaban J connectivity index is 2.08. The second kappa shape index (κ2) is 5.86. The minimum absolute atomic E-state index is 0.248. The van der Waals surface area contributed by atoms with Gasteiger partial charge in [-0.15, -0.1) is 0 Å². The molecule has 1 aromatic carbocycles. The number of hydrogen-bond donors (Lipinski definition) is 2. The fraction of sp³-hybridized carbons (Fsp3) is 0.143. The average molecular weight is 257 g/mol. The molecule has 98 valence electrons. The van der Waals surface area contributed by atoms with Gasteiger partial charge in [-0.25, -0.2) is 0 Å². The van der Waals surface area contributed by atoms with Crippen LogP contribution in [-0.2, 0) is 6.54 Å². The lowest BCUT2D eigenvalue weighted by atomic mass is 10.1. The first kappa shape index (κ1) is 12.9. The summed E-state index contributed by atoms with van der Waals surface area (Å²) < 4.78 is 5.08. The second-order valence-electron chi connectivity index (χ2n) is 3.93. The molecule has 2 rings (SSSR count). The summed E-state index contributed by atoms with van der Waals surface area (Å²) in [4.78, 5) is 16.2. The Bertz CT molecular complexity index is 570. The van der Waals surface area contributed by atoms with E-state index in [0.29, 0.717) is 23.5 Å². The maximum Gasteiger partial charge on any atom is 0.253 e. The van der Waals surface area contributed by atoms with E-state index in [2.05, 4.69) is 10.3 Å². The molecule has 0 fully saturated rings. The maximum absolute atomic E-state index is 12.0. The summed E-state index contributed by atoms with van der Waals surface area (Å²) in [6.45, 7) is 0.357. The third kappa shape index (κ3) is 3.01. The van der Waals surface area contributed by atoms with E-state index in [0.717, 1.165) is 5.69 Å². The zero-order valence-corrected chi connectivity index (χ0v) is 10.6. The summed E-state index contributed by atoms with van der Waals surface area (Å²) in [5.41, 5.74) is 7.39. The van der Waals surface area contributed by atoms with Gasteiger partial charge >= 0.3 is 0 Å². The Labute approximate surface area is 111 Å². The molecule has 0 atom stereocenters. The van der Waals surface area contributed by atoms with Gasteiger partial charge in [-0.1, -0.05) is 12.1 Å². The van der Waals surface area contributed by atoms with Crippen molar-refractivity contribution in [3.05, 3.63) is 53.9 Å². The van der Waals surface area contributed by atoms with Gasteiger partial charge in [0.25, 0.3) is 5.91 Å². The van der Waals surface area contributed by atoms with Crippen LogP contribution in [0.2, 0.25) is 0 Å². The highest BCUT2D eigenvalue weighted by Crippen LogP contribution is 2.24. The number of aromatic nitrogens is 1. The molecule has 3 N–H and O–H groups in total. The first-order chi connectivity index (χ1) is 9.22. The molecule has 0 spiro atoms. The highest BCUT2D eigenvalue weighted by atomic mass is 16.5. The van der Waals surface area contributed by atoms with Crippen molar-refractivity contribution in [2.45, 2.75) is 6.54 Å². The van der Waals surface area contributed by atoms with Gasteiger partial charge in [0.05, 0.1) is 30.6 Å². The largest absolute Gasteiger partial charge is 0.495 e. The molecule has 5 heteroatoms. The molecular weight excluding hydrogens is 242 g/mol. The van der Waals surface area contributed by atoms with Gasteiger partial charge < -0.3 is 15.8 Å². The van der Waals surface area contributed by atoms with E-state index in [1.807, 2.05) is 18.2 Å². The lowest BCUT2D eigenvalue weighted by Crippen LogP contribution is -2.24. The number of para-hydroxylation sites is 1. The van der Waals surface area contributed by atoms with E-state index < -0.39 is 0 Å². The first-order valence-electron chi connectivity index (χ1n) is 5.83. The maximum atomic E-state index is 12.0. The molecule has 0 saturated carbocycles. The van der Waals surface area contributed by atoms with Gasteiger partial charge in [0, 0.05) is 6.20 Å². The van der Waals surface area contributed by atoms with Crippen molar-refractivity contribution in [1.29, 1.82) is 0 Å². The van der Waals surface area contributed by atoms with E-state index in [4.69, 9.17) is 10.5 Å². The van der Waals surface area contributed by atoms with Gasteiger partial charge in [-0.05, 0) is 24.3 Å². The number of methoxy groups -OCH3 is 1. The van der Waals surface area contributed by atoms with Crippen LogP contribution in [0.25, 0.3) is 0 Å². The van der Waals surface area contributed by atoms with Crippen molar-refractivity contribution in [2.75, 3.05) is 12.8 Å². The van der Waals surface area contributed by atoms with Gasteiger partial charge in [0.1, 0.15) is 5.75 Å². The minimum atomic E-state index is -0.248. The van der Waals surface area contributed by atoms with Crippen LogP contribution in [0.3, 0.4) is 0 Å². The number of benzene rings is 1. The molecule has 1 heterocycles. The Kier molecular flexibility index (Phi) is 3.97. The van der Waals surface area contributed by atoms with Gasteiger partial charge in [0.2, 0.25) is 0 Å². The van der Waals surface area contributed by atoms with E-state index in [9.17, 15) is 4.79 Å². The highest BCUT2D eigenvalue weighted by Gasteiger charge is 2.12. The number of nitrogens with zero attached hydrogens (tertiary/aromatic N) is 1. The van der Waals surface area contributed by atoms with Crippen LogP contribution in [0.5, 0.6) is 5.75 Å². The summed E-state index contributed by atoms with van der Waals surface area (Å²) in [5, 5.41) is 2.77. The number of carbonyl (C=O) groups is 1. The van der Waals surface area contributed by atoms with Crippen LogP contribution in [0.1, 0.15) is 16.1 Å². The lowest BCUT2D eigenvalue weighted by Gasteiger charge is -2.10. The number of nitrogens with one attached hydrogen (secondary N) is 1. The van der Waals surface area contributed by atoms with E-state index in [-0.39, 0.29) is 5.91 Å². The smallest absolute Gasteiger partial charge is 0.253 e. The molecule has 0 aliphatic heterocycles. The molecule has 0 saturated heterocycles. The third-order valence-electron chi connectivity index (χ3n) is 2.69. The van der Waals surface area contributed by atoms with Gasteiger partial charge in [0.15, 0.2) is 0 Å². The van der Waals surface area contributed by atoms with Crippen molar-refractivity contribution < 1.29 is 9.53 Å². The predicted octanol–water partition coefficient (Wildman–Crippen LogP) is 1.60. The van der Waals surface area contributed by atoms with Crippen LogP contribution in [0, 0.1) is 0 Å². The molecule has 0 aliphatic rings. The number of amides is 1. The van der Waals surface area contributed by atoms with Gasteiger partial charge in [-0.2, -0.15) is 0 Å². The molecule has 0 radical (unpaired) electrons. The summed E-state index contributed by atoms with van der Waals surface area (Å²) in [6, 6.07) is 10.6. The van der Waals surface area contributed by atoms with Crippen molar-refractivity contribution in [1.82, 2.24) is 10.3 Å². The zero-order chi connectivity index (χ0) is 13.7. The Morgan fingerprint density at radius 1 is 1.32 bits per heavy atom. The van der Waals surface area contributed by atoms with E-state index in [1.54, 1.807) is 24.4 Å². The van der Waals surface area contributed by atoms with Crippen LogP contribution in [-0.4, -0.2) is 18.0 Å². The quantitative estimate of drug-likeness (QED) is 0.816. The monoisotopic (exact) mass is 257 g/mol. The molecule has 0 bridgehead atoms. The summed E-state index contributed by atoms with van der Waals surface area (Å²) in [7, 11) is 1.52. The van der Waals surface area contributed by atoms with Crippen molar-refractivity contribution in [3.63, 3.8) is 0 Å². The predicted molar refractivity (Wildman–Crippen MR) is 72.8 cm³/mol. The number of hydrogen-bond acceptors (Lipinski definition) is 4. The van der Waals surface area contributed by atoms with Crippen LogP contribution in [0.15, 0.2) is 42.6 Å². The number of carbonyl (C=O) groups excluding carboxylic acids is 1. The molecule has 1 amide bonds. The topological polar surface area (TPSA) is 77.2 Å². The molecular formula is C14H15N3O2. The normalized spacial score (nSPS) is 9.95. The molecule has 19 heavy (non-hydrogen) atoms. The third-order valence-corrected chi connectivity index (χ3v) is 2.69. The van der Waals surface area contributed by atoms with Crippen molar-refractivity contribution in [2.24, 2.45) is 0 Å². The number of rotatable bonds is 4. The molecule has 0 unspecified atom stereocenters. The Hall–Kier alpha value is -2.56. The zero-order valence-electron chi connectivity index (χ0n) is 10.6. The SMILES string of the molecule is COc1cccc(C(=O)NCc2ccccn2)c1N. The minimum Gasteiger partial charge on any atom is -0.495 e. The highest BCUT2D eigenvalue weighted by molar-refractivity contribution is 6.00. The number of ether oxygens (including phenoxy) is 1. The molecule has 5 nitrogen and oxygen atoms in total. The van der Waals surface area contributed by atoms with Crippen LogP contribution >= 0.6 is 0 Å². The Morgan fingerprint density at radius 2 is 2.16 bits per heavy atom. The van der Waals surface area contributed by atoms with Crippen LogP contribution in [0.4, 0.5) is 5.69 Å². The average Bonchev–Trinajstić information content (AvgIpc) is 2.46. The van der Waals surface area contributed by atoms with Crippen molar-refractivity contribution >= 4 is 11.6 Å². The standard InChI is InChI=1S/C14H15N3O2/c1-19-12-7-4-6-11(13(12)15)14(18)17-9-10-5-2-3-8-16-10/h2-8H,9,15H2,1H3,(H,17,18). The van der Waals surface area contributed by atoms with Crippen molar-refractivity contribution in [3.8, 4) is 5.75 Å². The van der Waals surface area contributed by atoms with E-state index >= 15 is 0 Å². The first-order valence-corrected chi connectivity index (χ1v) is 5.83. The number of pyridine rings is 1. The van der Waals surface area contributed by atoms with E-state index in [1.165, 1.54) is 7.11 Å². The second-order valence-corrected chi connectivity index (χ2v) is 3.93. The van der Waals surface area contributed by atoms with Crippen LogP contribution < -0.4 is 15.8 Å². The van der Waals surface area contributed by atoms with Gasteiger partial charge in [-0.3, -0.25) is 9.78 Å². The number of nitrogen functional groups attached to an aromatic ring is 1. The number of anilines is 1. The summed E-state index contributed by atoms with van der Waals surface area (Å²) >= 11 is 0. The molecule has 1 aromatic heterocycles. The number of nitrogens with two attached hydrogens (primary N) is 1. The fourth-order valence-electron chi connectivity index (χ4n) is 1.69. The molecule has 2 aromatic rings. The Morgan fingerprint density at radius 3 is 2.84 bits per heavy atom. The fourth-order valence-corrected chi connectivity index (χ4v) is 1.69. The summed E-state index contributed by atoms with van der Waals surface area (Å²) in [6.07, 6.45) is 1.68. The lowest BCUT2D eigenvalue weighted by molar-refractivity contribution is 0.0951. The molecule has 0 aliphatic carbocycles. The summed E-state index contributed by atoms with van der Waals surface area (Å²) in [5.74, 6) is 0.243.